The van der Waals surface area contributed by atoms with Gasteiger partial charge in [0.05, 0.1) is 5.71 Å². The largest absolute Gasteiger partial charge is 0.484 e. The maximum Gasteiger partial charge on any atom is 0.260 e. The van der Waals surface area contributed by atoms with Crippen molar-refractivity contribution in [1.29, 1.82) is 0 Å². The molecule has 1 N–H and O–H groups in total. The van der Waals surface area contributed by atoms with Crippen molar-refractivity contribution in [2.45, 2.75) is 39.2 Å². The number of hydrogen-bond donors (Lipinski definition) is 1. The quantitative estimate of drug-likeness (QED) is 0.477. The van der Waals surface area contributed by atoms with Crippen LogP contribution < -0.4 is 4.74 Å². The van der Waals surface area contributed by atoms with Gasteiger partial charge in [0.25, 0.3) is 5.91 Å². The predicted octanol–water partition coefficient (Wildman–Crippen LogP) is 2.66. The molecule has 0 aromatic heterocycles. The summed E-state index contributed by atoms with van der Waals surface area (Å²) in [6, 6.07) is 7.66. The number of ether oxygens (including phenoxy) is 1. The maximum atomic E-state index is 12.0. The molecule has 1 saturated carbocycles. The number of benzene rings is 1. The Morgan fingerprint density at radius 3 is 2.48 bits per heavy atom. The lowest BCUT2D eigenvalue weighted by atomic mass is 10.1. The molecule has 114 valence electrons. The molecule has 0 atom stereocenters. The van der Waals surface area contributed by atoms with Gasteiger partial charge < -0.3 is 14.8 Å². The summed E-state index contributed by atoms with van der Waals surface area (Å²) in [6.07, 6.45) is 2.87. The van der Waals surface area contributed by atoms with Gasteiger partial charge >= 0.3 is 0 Å². The Hall–Kier alpha value is -2.04. The van der Waals surface area contributed by atoms with E-state index in [1.807, 2.05) is 30.9 Å². The molecule has 1 aliphatic carbocycles. The molecule has 1 aliphatic rings. The fraction of sp³-hybridized carbons (Fsp3) is 0.500. The van der Waals surface area contributed by atoms with E-state index >= 15 is 0 Å². The van der Waals surface area contributed by atoms with Crippen molar-refractivity contribution in [3.05, 3.63) is 29.8 Å². The Morgan fingerprint density at radius 1 is 1.33 bits per heavy atom. The van der Waals surface area contributed by atoms with Gasteiger partial charge in [-0.15, -0.1) is 0 Å². The molecule has 1 aromatic carbocycles. The van der Waals surface area contributed by atoms with Crippen molar-refractivity contribution in [2.24, 2.45) is 5.16 Å². The standard InChI is InChI=1S/C16H22N2O3/c1-3-15(17-20)12-5-9-14(10-6-12)21-11-16(19)18(4-2)13-7-8-13/h5-6,9-10,13,20H,3-4,7-8,11H2,1-2H3. The molecule has 0 bridgehead atoms. The lowest BCUT2D eigenvalue weighted by Gasteiger charge is -2.20. The summed E-state index contributed by atoms with van der Waals surface area (Å²) >= 11 is 0. The van der Waals surface area contributed by atoms with E-state index in [9.17, 15) is 4.79 Å². The van der Waals surface area contributed by atoms with E-state index < -0.39 is 0 Å². The van der Waals surface area contributed by atoms with Gasteiger partial charge in [0.15, 0.2) is 6.61 Å². The summed E-state index contributed by atoms with van der Waals surface area (Å²) in [5.74, 6) is 0.683. The SMILES string of the molecule is CCC(=NO)c1ccc(OCC(=O)N(CC)C2CC2)cc1. The molecule has 0 saturated heterocycles. The van der Waals surface area contributed by atoms with Crippen molar-refractivity contribution in [3.63, 3.8) is 0 Å². The van der Waals surface area contributed by atoms with Gasteiger partial charge in [0, 0.05) is 12.6 Å². The summed E-state index contributed by atoms with van der Waals surface area (Å²) in [5.41, 5.74) is 1.48. The zero-order valence-electron chi connectivity index (χ0n) is 12.6. The van der Waals surface area contributed by atoms with E-state index in [4.69, 9.17) is 9.94 Å². The number of carbonyl (C=O) groups is 1. The minimum atomic E-state index is 0.0373. The van der Waals surface area contributed by atoms with Crippen LogP contribution in [0.5, 0.6) is 5.75 Å². The summed E-state index contributed by atoms with van der Waals surface area (Å²) in [5, 5.41) is 12.1. The molecule has 0 heterocycles. The first kappa shape index (κ1) is 15.4. The van der Waals surface area contributed by atoms with E-state index in [0.717, 1.165) is 24.9 Å². The molecule has 0 aliphatic heterocycles. The van der Waals surface area contributed by atoms with Crippen molar-refractivity contribution in [1.82, 2.24) is 4.90 Å². The first-order valence-electron chi connectivity index (χ1n) is 7.43. The Morgan fingerprint density at radius 2 is 2.00 bits per heavy atom. The monoisotopic (exact) mass is 290 g/mol. The van der Waals surface area contributed by atoms with Gasteiger partial charge in [-0.1, -0.05) is 12.1 Å². The van der Waals surface area contributed by atoms with E-state index in [0.29, 0.717) is 23.9 Å². The third-order valence-corrected chi connectivity index (χ3v) is 3.65. The Labute approximate surface area is 125 Å². The van der Waals surface area contributed by atoms with E-state index in [1.54, 1.807) is 12.1 Å². The van der Waals surface area contributed by atoms with Crippen LogP contribution >= 0.6 is 0 Å². The number of hydrogen-bond acceptors (Lipinski definition) is 4. The van der Waals surface area contributed by atoms with Gasteiger partial charge in [-0.3, -0.25) is 4.79 Å². The highest BCUT2D eigenvalue weighted by atomic mass is 16.5. The van der Waals surface area contributed by atoms with Crippen molar-refractivity contribution in [2.75, 3.05) is 13.2 Å². The first-order valence-corrected chi connectivity index (χ1v) is 7.43. The second-order valence-electron chi connectivity index (χ2n) is 5.12. The van der Waals surface area contributed by atoms with Crippen LogP contribution in [0.25, 0.3) is 0 Å². The fourth-order valence-electron chi connectivity index (χ4n) is 2.33. The summed E-state index contributed by atoms with van der Waals surface area (Å²) in [4.78, 5) is 13.9. The highest BCUT2D eigenvalue weighted by Gasteiger charge is 2.31. The van der Waals surface area contributed by atoms with Crippen molar-refractivity contribution < 1.29 is 14.7 Å². The Bertz CT molecular complexity index is 507. The minimum Gasteiger partial charge on any atom is -0.484 e. The molecule has 1 aromatic rings. The predicted molar refractivity (Wildman–Crippen MR) is 81.0 cm³/mol. The maximum absolute atomic E-state index is 12.0. The molecular weight excluding hydrogens is 268 g/mol. The molecule has 2 rings (SSSR count). The van der Waals surface area contributed by atoms with Gasteiger partial charge in [-0.25, -0.2) is 0 Å². The van der Waals surface area contributed by atoms with Gasteiger partial charge in [0.2, 0.25) is 0 Å². The summed E-state index contributed by atoms with van der Waals surface area (Å²) in [6.45, 7) is 4.72. The summed E-state index contributed by atoms with van der Waals surface area (Å²) < 4.78 is 5.54. The highest BCUT2D eigenvalue weighted by molar-refractivity contribution is 6.00. The number of amides is 1. The Kier molecular flexibility index (Phi) is 5.20. The second-order valence-corrected chi connectivity index (χ2v) is 5.12. The summed E-state index contributed by atoms with van der Waals surface area (Å²) in [7, 11) is 0. The molecule has 1 fully saturated rings. The van der Waals surface area contributed by atoms with E-state index in [1.165, 1.54) is 0 Å². The van der Waals surface area contributed by atoms with Crippen LogP contribution in [0, 0.1) is 0 Å². The lowest BCUT2D eigenvalue weighted by Crippen LogP contribution is -2.36. The van der Waals surface area contributed by atoms with Gasteiger partial charge in [-0.05, 0) is 56.0 Å². The molecule has 0 spiro atoms. The van der Waals surface area contributed by atoms with Crippen molar-refractivity contribution >= 4 is 11.6 Å². The molecule has 5 heteroatoms. The van der Waals surface area contributed by atoms with Crippen LogP contribution in [-0.4, -0.2) is 40.9 Å². The molecular formula is C16H22N2O3. The molecule has 21 heavy (non-hydrogen) atoms. The zero-order valence-corrected chi connectivity index (χ0v) is 12.6. The number of rotatable bonds is 7. The van der Waals surface area contributed by atoms with Crippen LogP contribution in [0.2, 0.25) is 0 Å². The number of oxime groups is 1. The Balaban J connectivity index is 1.90. The van der Waals surface area contributed by atoms with Crippen molar-refractivity contribution in [3.8, 4) is 5.75 Å². The molecule has 0 radical (unpaired) electrons. The third-order valence-electron chi connectivity index (χ3n) is 3.65. The topological polar surface area (TPSA) is 62.1 Å². The van der Waals surface area contributed by atoms with E-state index in [2.05, 4.69) is 5.16 Å². The second kappa shape index (κ2) is 7.11. The number of carbonyl (C=O) groups excluding carboxylic acids is 1. The van der Waals surface area contributed by atoms with E-state index in [-0.39, 0.29) is 12.5 Å². The van der Waals surface area contributed by atoms with Gasteiger partial charge in [-0.2, -0.15) is 0 Å². The van der Waals surface area contributed by atoms with Crippen LogP contribution in [0.3, 0.4) is 0 Å². The fourth-order valence-corrected chi connectivity index (χ4v) is 2.33. The average Bonchev–Trinajstić information content (AvgIpc) is 3.33. The molecule has 5 nitrogen and oxygen atoms in total. The minimum absolute atomic E-state index is 0.0373. The normalized spacial score (nSPS) is 14.9. The van der Waals surface area contributed by atoms with Crippen LogP contribution in [0.4, 0.5) is 0 Å². The lowest BCUT2D eigenvalue weighted by molar-refractivity contribution is -0.133. The molecule has 1 amide bonds. The van der Waals surface area contributed by atoms with Crippen LogP contribution in [0.1, 0.15) is 38.7 Å². The highest BCUT2D eigenvalue weighted by Crippen LogP contribution is 2.26. The van der Waals surface area contributed by atoms with Crippen LogP contribution in [0.15, 0.2) is 29.4 Å². The number of nitrogens with zero attached hydrogens (tertiary/aromatic N) is 2. The van der Waals surface area contributed by atoms with Gasteiger partial charge in [0.1, 0.15) is 5.75 Å². The first-order chi connectivity index (χ1) is 10.2. The third kappa shape index (κ3) is 3.97. The molecule has 0 unspecified atom stereocenters. The smallest absolute Gasteiger partial charge is 0.260 e. The van der Waals surface area contributed by atoms with Crippen LogP contribution in [-0.2, 0) is 4.79 Å². The average molecular weight is 290 g/mol. The number of likely N-dealkylation sites (N-methyl/N-ethyl adjacent to an activating group) is 1. The zero-order chi connectivity index (χ0) is 15.2.